The summed E-state index contributed by atoms with van der Waals surface area (Å²) in [5.74, 6) is 0. The van der Waals surface area contributed by atoms with Gasteiger partial charge in [0, 0.05) is 31.8 Å². The molecule has 0 unspecified atom stereocenters. The van der Waals surface area contributed by atoms with Gasteiger partial charge in [-0.1, -0.05) is 0 Å². The van der Waals surface area contributed by atoms with Crippen molar-refractivity contribution in [3.05, 3.63) is 16.5 Å². The van der Waals surface area contributed by atoms with Crippen LogP contribution in [0.4, 0.5) is 0 Å². The SMILES string of the molecule is CCN(N=O)[C@H]1CN(CCCO)S(=O)(=O)c2sc(S(N)(=O)=O)cc21. The van der Waals surface area contributed by atoms with Gasteiger partial charge in [-0.05, 0) is 19.4 Å². The van der Waals surface area contributed by atoms with E-state index in [4.69, 9.17) is 10.2 Å². The van der Waals surface area contributed by atoms with Crippen LogP contribution in [0.2, 0.25) is 0 Å². The average molecular weight is 398 g/mol. The summed E-state index contributed by atoms with van der Waals surface area (Å²) in [6.45, 7) is 1.70. The summed E-state index contributed by atoms with van der Waals surface area (Å²) in [6.07, 6.45) is 0.218. The van der Waals surface area contributed by atoms with E-state index in [1.807, 2.05) is 0 Å². The van der Waals surface area contributed by atoms with Crippen LogP contribution in [0.25, 0.3) is 0 Å². The molecule has 0 saturated heterocycles. The Morgan fingerprint density at radius 1 is 1.54 bits per heavy atom. The largest absolute Gasteiger partial charge is 0.396 e. The lowest BCUT2D eigenvalue weighted by molar-refractivity contribution is 0.169. The molecule has 0 saturated carbocycles. The van der Waals surface area contributed by atoms with Gasteiger partial charge in [-0.3, -0.25) is 5.01 Å². The smallest absolute Gasteiger partial charge is 0.253 e. The Labute approximate surface area is 143 Å². The highest BCUT2D eigenvalue weighted by atomic mass is 32.3. The summed E-state index contributed by atoms with van der Waals surface area (Å²) in [4.78, 5) is 11.1. The number of hydrogen-bond donors (Lipinski definition) is 2. The van der Waals surface area contributed by atoms with Crippen LogP contribution in [0.1, 0.15) is 24.9 Å². The Bertz CT molecular complexity index is 819. The number of rotatable bonds is 7. The first-order valence-electron chi connectivity index (χ1n) is 7.04. The summed E-state index contributed by atoms with van der Waals surface area (Å²) in [5.41, 5.74) is 0.200. The van der Waals surface area contributed by atoms with Crippen LogP contribution >= 0.6 is 11.3 Å². The van der Waals surface area contributed by atoms with Gasteiger partial charge in [0.2, 0.25) is 10.0 Å². The van der Waals surface area contributed by atoms with E-state index in [9.17, 15) is 21.7 Å². The van der Waals surface area contributed by atoms with Crippen LogP contribution in [-0.4, -0.2) is 57.5 Å². The van der Waals surface area contributed by atoms with Crippen molar-refractivity contribution in [2.75, 3.05) is 26.2 Å². The topological polar surface area (TPSA) is 150 Å². The maximum atomic E-state index is 12.7. The van der Waals surface area contributed by atoms with Crippen molar-refractivity contribution in [3.63, 3.8) is 0 Å². The van der Waals surface area contributed by atoms with Gasteiger partial charge in [0.05, 0.1) is 11.3 Å². The van der Waals surface area contributed by atoms with Crippen LogP contribution in [-0.2, 0) is 20.0 Å². The number of hydrogen-bond acceptors (Lipinski definition) is 8. The number of nitroso groups, excluding NO2 is 1. The maximum Gasteiger partial charge on any atom is 0.253 e. The van der Waals surface area contributed by atoms with Crippen LogP contribution in [0, 0.1) is 4.91 Å². The van der Waals surface area contributed by atoms with Gasteiger partial charge in [-0.25, -0.2) is 22.0 Å². The molecular weight excluding hydrogens is 380 g/mol. The second-order valence-corrected chi connectivity index (χ2v) is 10.1. The Hall–Kier alpha value is -1.12. The highest BCUT2D eigenvalue weighted by molar-refractivity contribution is 7.94. The molecular formula is C11H18N4O6S3. The first-order chi connectivity index (χ1) is 11.2. The molecule has 0 aromatic carbocycles. The molecule has 1 aromatic heterocycles. The van der Waals surface area contributed by atoms with Crippen LogP contribution < -0.4 is 5.14 Å². The quantitative estimate of drug-likeness (QED) is 0.478. The Morgan fingerprint density at radius 2 is 2.21 bits per heavy atom. The normalized spacial score (nSPS) is 20.5. The van der Waals surface area contributed by atoms with Gasteiger partial charge in [-0.2, -0.15) is 4.31 Å². The molecule has 1 aliphatic heterocycles. The second kappa shape index (κ2) is 7.01. The molecule has 0 spiro atoms. The van der Waals surface area contributed by atoms with E-state index in [1.54, 1.807) is 6.92 Å². The van der Waals surface area contributed by atoms with Crippen molar-refractivity contribution in [2.24, 2.45) is 10.4 Å². The number of thiophene rings is 1. The minimum absolute atomic E-state index is 0.0494. The van der Waals surface area contributed by atoms with Gasteiger partial charge >= 0.3 is 0 Å². The fourth-order valence-corrected chi connectivity index (χ4v) is 6.78. The van der Waals surface area contributed by atoms with Gasteiger partial charge in [-0.15, -0.1) is 16.2 Å². The van der Waals surface area contributed by atoms with E-state index in [2.05, 4.69) is 5.29 Å². The molecule has 10 nitrogen and oxygen atoms in total. The molecule has 1 aliphatic rings. The third kappa shape index (κ3) is 3.45. The molecule has 13 heteroatoms. The lowest BCUT2D eigenvalue weighted by Crippen LogP contribution is -2.44. The summed E-state index contributed by atoms with van der Waals surface area (Å²) in [7, 11) is -8.00. The van der Waals surface area contributed by atoms with Gasteiger partial charge in [0.25, 0.3) is 10.0 Å². The number of sulfonamides is 2. The molecule has 0 amide bonds. The van der Waals surface area contributed by atoms with Crippen LogP contribution in [0.3, 0.4) is 0 Å². The van der Waals surface area contributed by atoms with Crippen LogP contribution in [0.15, 0.2) is 19.8 Å². The summed E-state index contributed by atoms with van der Waals surface area (Å²) < 4.78 is 49.2. The van der Waals surface area contributed by atoms with E-state index in [1.165, 1.54) is 6.07 Å². The zero-order chi connectivity index (χ0) is 18.1. The van der Waals surface area contributed by atoms with Gasteiger partial charge in [0.15, 0.2) is 0 Å². The number of fused-ring (bicyclic) bond motifs is 1. The Kier molecular flexibility index (Phi) is 5.61. The minimum Gasteiger partial charge on any atom is -0.396 e. The van der Waals surface area contributed by atoms with E-state index in [0.29, 0.717) is 11.3 Å². The predicted octanol–water partition coefficient (Wildman–Crippen LogP) is -0.173. The zero-order valence-electron chi connectivity index (χ0n) is 12.8. The number of nitrogens with two attached hydrogens (primary N) is 1. The molecule has 0 fully saturated rings. The van der Waals surface area contributed by atoms with Crippen molar-refractivity contribution in [2.45, 2.75) is 27.8 Å². The molecule has 0 bridgehead atoms. The lowest BCUT2D eigenvalue weighted by Gasteiger charge is -2.35. The summed E-state index contributed by atoms with van der Waals surface area (Å²) >= 11 is 0.553. The molecule has 2 heterocycles. The first kappa shape index (κ1) is 19.2. The van der Waals surface area contributed by atoms with E-state index in [-0.39, 0.29) is 46.6 Å². The van der Waals surface area contributed by atoms with Crippen molar-refractivity contribution < 1.29 is 21.9 Å². The molecule has 3 N–H and O–H groups in total. The highest BCUT2D eigenvalue weighted by Gasteiger charge is 2.42. The van der Waals surface area contributed by atoms with E-state index >= 15 is 0 Å². The summed E-state index contributed by atoms with van der Waals surface area (Å²) in [6, 6.07) is 0.478. The number of aliphatic hydroxyl groups is 1. The predicted molar refractivity (Wildman–Crippen MR) is 87.1 cm³/mol. The van der Waals surface area contributed by atoms with Crippen molar-refractivity contribution in [1.29, 1.82) is 0 Å². The Balaban J connectivity index is 2.61. The van der Waals surface area contributed by atoms with Crippen LogP contribution in [0.5, 0.6) is 0 Å². The third-order valence-corrected chi connectivity index (χ3v) is 8.61. The molecule has 1 atom stereocenters. The highest BCUT2D eigenvalue weighted by Crippen LogP contribution is 2.42. The standard InChI is InChI=1S/C11H18N4O6S3/c1-2-15(13-17)9-7-14(4-3-5-16)24(20,21)11-8(9)6-10(22-11)23(12,18)19/h6,9,16H,2-5,7H2,1H3,(H2,12,18,19)/t9-/m0/s1. The number of likely N-dealkylation sites (N-methyl/N-ethyl adjacent to an activating group) is 1. The average Bonchev–Trinajstić information content (AvgIpc) is 2.96. The van der Waals surface area contributed by atoms with Crippen molar-refractivity contribution >= 4 is 31.4 Å². The molecule has 136 valence electrons. The lowest BCUT2D eigenvalue weighted by atomic mass is 10.1. The molecule has 0 radical (unpaired) electrons. The number of nitrogens with zero attached hydrogens (tertiary/aromatic N) is 3. The molecule has 24 heavy (non-hydrogen) atoms. The number of aliphatic hydroxyl groups excluding tert-OH is 1. The monoisotopic (exact) mass is 398 g/mol. The molecule has 0 aliphatic carbocycles. The number of primary sulfonamides is 1. The van der Waals surface area contributed by atoms with Gasteiger partial charge < -0.3 is 5.11 Å². The maximum absolute atomic E-state index is 12.7. The summed E-state index contributed by atoms with van der Waals surface area (Å²) in [5, 5.41) is 18.1. The van der Waals surface area contributed by atoms with E-state index < -0.39 is 26.1 Å². The van der Waals surface area contributed by atoms with Gasteiger partial charge in [0.1, 0.15) is 8.42 Å². The fourth-order valence-electron chi connectivity index (χ4n) is 2.49. The van der Waals surface area contributed by atoms with E-state index in [0.717, 1.165) is 9.31 Å². The zero-order valence-corrected chi connectivity index (χ0v) is 15.3. The first-order valence-corrected chi connectivity index (χ1v) is 10.8. The fraction of sp³-hybridized carbons (Fsp3) is 0.636. The molecule has 1 aromatic rings. The minimum atomic E-state index is -4.08. The van der Waals surface area contributed by atoms with Crippen molar-refractivity contribution in [1.82, 2.24) is 9.31 Å². The Morgan fingerprint density at radius 3 is 2.71 bits per heavy atom. The third-order valence-electron chi connectivity index (χ3n) is 3.65. The second-order valence-electron chi connectivity index (χ2n) is 5.15. The molecule has 2 rings (SSSR count). The van der Waals surface area contributed by atoms with Crippen molar-refractivity contribution in [3.8, 4) is 0 Å².